The summed E-state index contributed by atoms with van der Waals surface area (Å²) in [6.07, 6.45) is 2.15. The highest BCUT2D eigenvalue weighted by molar-refractivity contribution is 5.39. The smallest absolute Gasteiger partial charge is 0.247 e. The highest BCUT2D eigenvalue weighted by Gasteiger charge is 2.07. The fourth-order valence-electron chi connectivity index (χ4n) is 2.50. The van der Waals surface area contributed by atoms with Crippen molar-refractivity contribution in [3.8, 4) is 0 Å². The van der Waals surface area contributed by atoms with Gasteiger partial charge in [0.2, 0.25) is 5.95 Å². The summed E-state index contributed by atoms with van der Waals surface area (Å²) in [7, 11) is 1.92. The molecule has 0 aliphatic heterocycles. The van der Waals surface area contributed by atoms with Gasteiger partial charge in [0.05, 0.1) is 6.20 Å². The number of nitrogens with zero attached hydrogens (tertiary/aromatic N) is 4. The van der Waals surface area contributed by atoms with Crippen LogP contribution in [0.15, 0.2) is 60.8 Å². The Morgan fingerprint density at radius 3 is 2.60 bits per heavy atom. The molecule has 25 heavy (non-hydrogen) atoms. The number of hydrogen-bond acceptors (Lipinski definition) is 5. The average Bonchev–Trinajstić information content (AvgIpc) is 2.64. The van der Waals surface area contributed by atoms with Crippen molar-refractivity contribution in [2.45, 2.75) is 13.0 Å². The predicted octanol–water partition coefficient (Wildman–Crippen LogP) is 3.30. The zero-order chi connectivity index (χ0) is 17.5. The summed E-state index contributed by atoms with van der Waals surface area (Å²) in [5.41, 5.74) is 1.85. The van der Waals surface area contributed by atoms with Crippen molar-refractivity contribution >= 4 is 11.8 Å². The summed E-state index contributed by atoms with van der Waals surface area (Å²) >= 11 is 0. The maximum atomic E-state index is 13.6. The van der Waals surface area contributed by atoms with Crippen molar-refractivity contribution in [3.63, 3.8) is 0 Å². The van der Waals surface area contributed by atoms with Crippen LogP contribution in [-0.4, -0.2) is 28.8 Å². The Balaban J connectivity index is 1.58. The topological polar surface area (TPSA) is 53.9 Å². The molecule has 1 heterocycles. The van der Waals surface area contributed by atoms with Gasteiger partial charge in [-0.2, -0.15) is 10.1 Å². The van der Waals surface area contributed by atoms with Crippen LogP contribution in [0.1, 0.15) is 11.1 Å². The Bertz CT molecular complexity index is 810. The Kier molecular flexibility index (Phi) is 5.51. The first-order valence-electron chi connectivity index (χ1n) is 8.14. The van der Waals surface area contributed by atoms with Crippen LogP contribution in [0.4, 0.5) is 16.2 Å². The second kappa shape index (κ2) is 8.19. The van der Waals surface area contributed by atoms with Crippen molar-refractivity contribution in [2.24, 2.45) is 0 Å². The summed E-state index contributed by atoms with van der Waals surface area (Å²) in [5, 5.41) is 11.3. The van der Waals surface area contributed by atoms with E-state index in [0.717, 1.165) is 0 Å². The van der Waals surface area contributed by atoms with E-state index in [9.17, 15) is 4.39 Å². The number of aromatic nitrogens is 3. The maximum Gasteiger partial charge on any atom is 0.247 e. The molecule has 0 saturated heterocycles. The van der Waals surface area contributed by atoms with E-state index in [4.69, 9.17) is 0 Å². The van der Waals surface area contributed by atoms with Gasteiger partial charge in [0.1, 0.15) is 5.82 Å². The van der Waals surface area contributed by atoms with Crippen LogP contribution < -0.4 is 10.2 Å². The average molecular weight is 337 g/mol. The molecule has 0 amide bonds. The molecule has 3 rings (SSSR count). The summed E-state index contributed by atoms with van der Waals surface area (Å²) < 4.78 is 13.6. The number of benzene rings is 2. The van der Waals surface area contributed by atoms with Gasteiger partial charge in [-0.25, -0.2) is 4.39 Å². The summed E-state index contributed by atoms with van der Waals surface area (Å²) in [6.45, 7) is 1.27. The molecule has 128 valence electrons. The van der Waals surface area contributed by atoms with Gasteiger partial charge in [-0.15, -0.1) is 5.10 Å². The molecule has 0 atom stereocenters. The van der Waals surface area contributed by atoms with Gasteiger partial charge in [-0.1, -0.05) is 48.5 Å². The normalized spacial score (nSPS) is 10.5. The highest BCUT2D eigenvalue weighted by atomic mass is 19.1. The summed E-state index contributed by atoms with van der Waals surface area (Å²) in [4.78, 5) is 6.40. The molecule has 0 aliphatic carbocycles. The third kappa shape index (κ3) is 4.73. The lowest BCUT2D eigenvalue weighted by Gasteiger charge is -2.17. The molecule has 2 aromatic carbocycles. The van der Waals surface area contributed by atoms with Crippen molar-refractivity contribution in [3.05, 3.63) is 77.7 Å². The molecule has 1 N–H and O–H groups in total. The summed E-state index contributed by atoms with van der Waals surface area (Å²) in [6, 6.07) is 16.9. The number of halogens is 1. The van der Waals surface area contributed by atoms with Crippen LogP contribution in [-0.2, 0) is 13.0 Å². The molecule has 5 nitrogen and oxygen atoms in total. The highest BCUT2D eigenvalue weighted by Crippen LogP contribution is 2.12. The van der Waals surface area contributed by atoms with Crippen LogP contribution in [0.2, 0.25) is 0 Å². The van der Waals surface area contributed by atoms with Gasteiger partial charge < -0.3 is 10.2 Å². The lowest BCUT2D eigenvalue weighted by atomic mass is 10.1. The molecule has 0 unspecified atom stereocenters. The van der Waals surface area contributed by atoms with Gasteiger partial charge in [0, 0.05) is 20.1 Å². The molecule has 0 fully saturated rings. The minimum Gasteiger partial charge on any atom is -0.368 e. The van der Waals surface area contributed by atoms with E-state index in [1.807, 2.05) is 36.2 Å². The monoisotopic (exact) mass is 337 g/mol. The molecule has 0 aliphatic rings. The predicted molar refractivity (Wildman–Crippen MR) is 97.0 cm³/mol. The Labute approximate surface area is 146 Å². The van der Waals surface area contributed by atoms with E-state index in [0.29, 0.717) is 36.8 Å². The molecule has 0 bridgehead atoms. The van der Waals surface area contributed by atoms with E-state index in [1.165, 1.54) is 11.6 Å². The fraction of sp³-hybridized carbons (Fsp3) is 0.211. The van der Waals surface area contributed by atoms with Gasteiger partial charge in [0.25, 0.3) is 0 Å². The quantitative estimate of drug-likeness (QED) is 0.717. The molecule has 1 aromatic heterocycles. The van der Waals surface area contributed by atoms with Gasteiger partial charge >= 0.3 is 0 Å². The molecule has 3 aromatic rings. The first-order chi connectivity index (χ1) is 12.2. The van der Waals surface area contributed by atoms with Crippen molar-refractivity contribution in [1.82, 2.24) is 15.2 Å². The molecular formula is C19H20FN5. The van der Waals surface area contributed by atoms with Gasteiger partial charge in [-0.05, 0) is 23.6 Å². The molecule has 0 spiro atoms. The van der Waals surface area contributed by atoms with Crippen molar-refractivity contribution in [2.75, 3.05) is 23.8 Å². The molecule has 0 radical (unpaired) electrons. The number of hydrogen-bond donors (Lipinski definition) is 1. The van der Waals surface area contributed by atoms with Crippen LogP contribution in [0, 0.1) is 5.82 Å². The Hall–Kier alpha value is -3.02. The number of anilines is 2. The van der Waals surface area contributed by atoms with Crippen LogP contribution in [0.3, 0.4) is 0 Å². The fourth-order valence-corrected chi connectivity index (χ4v) is 2.50. The van der Waals surface area contributed by atoms with Gasteiger partial charge in [0.15, 0.2) is 5.82 Å². The van der Waals surface area contributed by atoms with Crippen LogP contribution in [0.25, 0.3) is 0 Å². The van der Waals surface area contributed by atoms with E-state index >= 15 is 0 Å². The largest absolute Gasteiger partial charge is 0.368 e. The van der Waals surface area contributed by atoms with E-state index in [2.05, 4.69) is 32.6 Å². The second-order valence-corrected chi connectivity index (χ2v) is 5.75. The van der Waals surface area contributed by atoms with Gasteiger partial charge in [-0.3, -0.25) is 0 Å². The minimum absolute atomic E-state index is 0.187. The third-order valence-electron chi connectivity index (χ3n) is 3.81. The second-order valence-electron chi connectivity index (χ2n) is 5.75. The first kappa shape index (κ1) is 16.8. The molecule has 0 saturated carbocycles. The van der Waals surface area contributed by atoms with Crippen LogP contribution in [0.5, 0.6) is 0 Å². The van der Waals surface area contributed by atoms with E-state index < -0.39 is 0 Å². The molecule has 6 heteroatoms. The van der Waals surface area contributed by atoms with Crippen molar-refractivity contribution < 1.29 is 4.39 Å². The first-order valence-corrected chi connectivity index (χ1v) is 8.14. The lowest BCUT2D eigenvalue weighted by Crippen LogP contribution is -2.20. The standard InChI is InChI=1S/C19H20FN5/c1-25(14-15-7-3-2-4-8-15)19-23-18(13-22-24-19)21-12-11-16-9-5-6-10-17(16)20/h2-10,13H,11-12,14H2,1H3,(H,21,23,24). The Morgan fingerprint density at radius 1 is 1.04 bits per heavy atom. The zero-order valence-electron chi connectivity index (χ0n) is 14.1. The van der Waals surface area contributed by atoms with E-state index in [1.54, 1.807) is 18.3 Å². The number of nitrogens with one attached hydrogen (secondary N) is 1. The maximum absolute atomic E-state index is 13.6. The zero-order valence-corrected chi connectivity index (χ0v) is 14.1. The minimum atomic E-state index is -0.187. The Morgan fingerprint density at radius 2 is 1.80 bits per heavy atom. The number of rotatable bonds is 7. The third-order valence-corrected chi connectivity index (χ3v) is 3.81. The van der Waals surface area contributed by atoms with E-state index in [-0.39, 0.29) is 5.82 Å². The molecular weight excluding hydrogens is 317 g/mol. The van der Waals surface area contributed by atoms with Crippen LogP contribution >= 0.6 is 0 Å². The SMILES string of the molecule is CN(Cc1ccccc1)c1nncc(NCCc2ccccc2F)n1. The summed E-state index contributed by atoms with van der Waals surface area (Å²) in [5.74, 6) is 0.981. The lowest BCUT2D eigenvalue weighted by molar-refractivity contribution is 0.610. The van der Waals surface area contributed by atoms with Crippen molar-refractivity contribution in [1.29, 1.82) is 0 Å².